The van der Waals surface area contributed by atoms with Gasteiger partial charge in [-0.3, -0.25) is 9.69 Å². The van der Waals surface area contributed by atoms with E-state index in [1.54, 1.807) is 0 Å². The Morgan fingerprint density at radius 2 is 1.95 bits per heavy atom. The van der Waals surface area contributed by atoms with Crippen LogP contribution in [0.25, 0.3) is 0 Å². The van der Waals surface area contributed by atoms with Gasteiger partial charge in [0.1, 0.15) is 11.6 Å². The number of aryl methyl sites for hydroxylation is 1. The zero-order valence-corrected chi connectivity index (χ0v) is 12.1. The van der Waals surface area contributed by atoms with Gasteiger partial charge in [0, 0.05) is 6.54 Å². The summed E-state index contributed by atoms with van der Waals surface area (Å²) >= 11 is 0. The molecule has 2 rings (SSSR count). The summed E-state index contributed by atoms with van der Waals surface area (Å²) in [6.45, 7) is 3.65. The molecule has 1 heterocycles. The lowest BCUT2D eigenvalue weighted by Crippen LogP contribution is -2.44. The first kappa shape index (κ1) is 15.1. The summed E-state index contributed by atoms with van der Waals surface area (Å²) < 4.78 is 28.0. The molecule has 3 nitrogen and oxygen atoms in total. The monoisotopic (exact) mass is 282 g/mol. The molecule has 0 aliphatic carbocycles. The van der Waals surface area contributed by atoms with Crippen LogP contribution >= 0.6 is 0 Å². The van der Waals surface area contributed by atoms with Crippen molar-refractivity contribution in [3.8, 4) is 0 Å². The van der Waals surface area contributed by atoms with Gasteiger partial charge in [-0.15, -0.1) is 0 Å². The molecular weight excluding hydrogens is 262 g/mol. The van der Waals surface area contributed by atoms with Crippen molar-refractivity contribution in [2.45, 2.75) is 19.4 Å². The number of ketones is 1. The summed E-state index contributed by atoms with van der Waals surface area (Å²) in [7, 11) is 3.75. The van der Waals surface area contributed by atoms with Crippen molar-refractivity contribution >= 4 is 5.78 Å². The fourth-order valence-corrected chi connectivity index (χ4v) is 2.60. The Labute approximate surface area is 118 Å². The van der Waals surface area contributed by atoms with Crippen LogP contribution in [0.4, 0.5) is 8.78 Å². The molecule has 0 radical (unpaired) electrons. The van der Waals surface area contributed by atoms with Crippen molar-refractivity contribution in [2.75, 3.05) is 33.7 Å². The van der Waals surface area contributed by atoms with Gasteiger partial charge in [-0.05, 0) is 52.2 Å². The average molecular weight is 282 g/mol. The van der Waals surface area contributed by atoms with Gasteiger partial charge in [0.2, 0.25) is 0 Å². The lowest BCUT2D eigenvalue weighted by molar-refractivity contribution is 0.0830. The van der Waals surface area contributed by atoms with E-state index >= 15 is 0 Å². The Balaban J connectivity index is 2.37. The summed E-state index contributed by atoms with van der Waals surface area (Å²) in [4.78, 5) is 16.5. The molecule has 1 fully saturated rings. The Kier molecular flexibility index (Phi) is 4.50. The second-order valence-corrected chi connectivity index (χ2v) is 5.53. The zero-order chi connectivity index (χ0) is 14.9. The van der Waals surface area contributed by atoms with E-state index in [1.807, 2.05) is 23.9 Å². The molecule has 1 aliphatic heterocycles. The van der Waals surface area contributed by atoms with Gasteiger partial charge in [-0.25, -0.2) is 8.78 Å². The molecule has 0 amide bonds. The van der Waals surface area contributed by atoms with Crippen LogP contribution in [0.3, 0.4) is 0 Å². The highest BCUT2D eigenvalue weighted by atomic mass is 19.1. The third-order valence-corrected chi connectivity index (χ3v) is 3.90. The SMILES string of the molecule is Cc1ccc(F)c(C(=O)C2CN(C)CCCN2C)c1F. The maximum atomic E-state index is 14.1. The van der Waals surface area contributed by atoms with Crippen molar-refractivity contribution in [1.29, 1.82) is 0 Å². The third-order valence-electron chi connectivity index (χ3n) is 3.90. The Morgan fingerprint density at radius 3 is 2.65 bits per heavy atom. The Morgan fingerprint density at radius 1 is 1.25 bits per heavy atom. The number of Topliss-reactive ketones (excluding diaryl/α,β-unsaturated/α-hetero) is 1. The summed E-state index contributed by atoms with van der Waals surface area (Å²) in [5, 5.41) is 0. The van der Waals surface area contributed by atoms with Gasteiger partial charge in [0.05, 0.1) is 11.6 Å². The quantitative estimate of drug-likeness (QED) is 0.776. The number of nitrogens with zero attached hydrogens (tertiary/aromatic N) is 2. The normalized spacial score (nSPS) is 21.8. The molecule has 20 heavy (non-hydrogen) atoms. The van der Waals surface area contributed by atoms with Crippen molar-refractivity contribution in [1.82, 2.24) is 9.80 Å². The molecule has 1 aromatic carbocycles. The van der Waals surface area contributed by atoms with E-state index < -0.39 is 29.0 Å². The van der Waals surface area contributed by atoms with Gasteiger partial charge in [-0.2, -0.15) is 0 Å². The van der Waals surface area contributed by atoms with E-state index in [0.717, 1.165) is 25.6 Å². The minimum Gasteiger partial charge on any atom is -0.304 e. The molecule has 1 aliphatic rings. The van der Waals surface area contributed by atoms with Crippen LogP contribution in [0, 0.1) is 18.6 Å². The van der Waals surface area contributed by atoms with Gasteiger partial charge >= 0.3 is 0 Å². The molecule has 1 atom stereocenters. The van der Waals surface area contributed by atoms with Crippen LogP contribution in [-0.4, -0.2) is 55.4 Å². The topological polar surface area (TPSA) is 23.6 Å². The van der Waals surface area contributed by atoms with E-state index in [9.17, 15) is 13.6 Å². The smallest absolute Gasteiger partial charge is 0.187 e. The van der Waals surface area contributed by atoms with Crippen LogP contribution in [0.5, 0.6) is 0 Å². The third kappa shape index (κ3) is 2.88. The van der Waals surface area contributed by atoms with Crippen LogP contribution in [-0.2, 0) is 0 Å². The lowest BCUT2D eigenvalue weighted by Gasteiger charge is -2.26. The molecule has 5 heteroatoms. The number of carbonyl (C=O) groups excluding carboxylic acids is 1. The molecule has 110 valence electrons. The van der Waals surface area contributed by atoms with Crippen LogP contribution in [0.2, 0.25) is 0 Å². The molecular formula is C15H20F2N2O. The van der Waals surface area contributed by atoms with E-state index in [4.69, 9.17) is 0 Å². The summed E-state index contributed by atoms with van der Waals surface area (Å²) in [5.74, 6) is -1.99. The van der Waals surface area contributed by atoms with Crippen LogP contribution < -0.4 is 0 Å². The number of likely N-dealkylation sites (N-methyl/N-ethyl adjacent to an activating group) is 2. The molecule has 0 spiro atoms. The fourth-order valence-electron chi connectivity index (χ4n) is 2.60. The number of hydrogen-bond acceptors (Lipinski definition) is 3. The maximum Gasteiger partial charge on any atom is 0.187 e. The highest BCUT2D eigenvalue weighted by Gasteiger charge is 2.31. The molecule has 0 aromatic heterocycles. The van der Waals surface area contributed by atoms with E-state index in [2.05, 4.69) is 0 Å². The molecule has 0 N–H and O–H groups in total. The minimum atomic E-state index is -0.779. The molecule has 1 unspecified atom stereocenters. The van der Waals surface area contributed by atoms with Gasteiger partial charge in [-0.1, -0.05) is 6.07 Å². The van der Waals surface area contributed by atoms with E-state index in [-0.39, 0.29) is 0 Å². The summed E-state index contributed by atoms with van der Waals surface area (Å²) in [6.07, 6.45) is 0.940. The molecule has 0 bridgehead atoms. The van der Waals surface area contributed by atoms with Crippen LogP contribution in [0.15, 0.2) is 12.1 Å². The van der Waals surface area contributed by atoms with E-state index in [1.165, 1.54) is 13.0 Å². The second-order valence-electron chi connectivity index (χ2n) is 5.53. The first-order valence-electron chi connectivity index (χ1n) is 6.79. The highest BCUT2D eigenvalue weighted by molar-refractivity contribution is 6.01. The first-order valence-corrected chi connectivity index (χ1v) is 6.79. The van der Waals surface area contributed by atoms with Crippen molar-refractivity contribution in [3.05, 3.63) is 34.9 Å². The first-order chi connectivity index (χ1) is 9.41. The van der Waals surface area contributed by atoms with Crippen molar-refractivity contribution < 1.29 is 13.6 Å². The molecule has 1 aromatic rings. The van der Waals surface area contributed by atoms with Crippen LogP contribution in [0.1, 0.15) is 22.3 Å². The Bertz CT molecular complexity index is 519. The lowest BCUT2D eigenvalue weighted by atomic mass is 9.99. The second kappa shape index (κ2) is 5.97. The maximum absolute atomic E-state index is 14.1. The fraction of sp³-hybridized carbons (Fsp3) is 0.533. The molecule has 0 saturated carbocycles. The van der Waals surface area contributed by atoms with Crippen molar-refractivity contribution in [3.63, 3.8) is 0 Å². The zero-order valence-electron chi connectivity index (χ0n) is 12.1. The summed E-state index contributed by atoms with van der Waals surface area (Å²) in [5.41, 5.74) is -0.114. The Hall–Kier alpha value is -1.33. The van der Waals surface area contributed by atoms with Gasteiger partial charge in [0.15, 0.2) is 5.78 Å². The highest BCUT2D eigenvalue weighted by Crippen LogP contribution is 2.21. The van der Waals surface area contributed by atoms with Crippen molar-refractivity contribution in [2.24, 2.45) is 0 Å². The number of carbonyl (C=O) groups is 1. The van der Waals surface area contributed by atoms with E-state index in [0.29, 0.717) is 12.1 Å². The number of benzene rings is 1. The predicted octanol–water partition coefficient (Wildman–Crippen LogP) is 2.09. The number of hydrogen-bond donors (Lipinski definition) is 0. The minimum absolute atomic E-state index is 0.291. The standard InChI is InChI=1S/C15H20F2N2O/c1-10-5-6-11(16)13(14(10)17)15(20)12-9-18(2)7-4-8-19(12)3/h5-6,12H,4,7-9H2,1-3H3. The van der Waals surface area contributed by atoms with Gasteiger partial charge in [0.25, 0.3) is 0 Å². The number of rotatable bonds is 2. The largest absolute Gasteiger partial charge is 0.304 e. The molecule has 1 saturated heterocycles. The van der Waals surface area contributed by atoms with Gasteiger partial charge < -0.3 is 4.90 Å². The predicted molar refractivity (Wildman–Crippen MR) is 74.0 cm³/mol. The number of halogens is 2. The average Bonchev–Trinajstić information content (AvgIpc) is 2.56. The summed E-state index contributed by atoms with van der Waals surface area (Å²) in [6, 6.07) is 2.00.